The Kier molecular flexibility index (Phi) is 5.44. The summed E-state index contributed by atoms with van der Waals surface area (Å²) in [5, 5.41) is 10.1. The van der Waals surface area contributed by atoms with Crippen LogP contribution in [0, 0.1) is 5.82 Å². The van der Waals surface area contributed by atoms with Crippen molar-refractivity contribution in [3.8, 4) is 5.75 Å². The van der Waals surface area contributed by atoms with Gasteiger partial charge in [0.2, 0.25) is 0 Å². The van der Waals surface area contributed by atoms with Crippen molar-refractivity contribution < 1.29 is 14.2 Å². The molecule has 0 spiro atoms. The molecule has 1 N–H and O–H groups in total. The second kappa shape index (κ2) is 7.31. The predicted octanol–water partition coefficient (Wildman–Crippen LogP) is 3.53. The Morgan fingerprint density at radius 3 is 2.55 bits per heavy atom. The zero-order valence-electron chi connectivity index (χ0n) is 11.3. The number of benzene rings is 2. The molecule has 0 radical (unpaired) electrons. The maximum Gasteiger partial charge on any atom is 0.123 e. The summed E-state index contributed by atoms with van der Waals surface area (Å²) < 4.78 is 18.0. The molecule has 1 atom stereocenters. The van der Waals surface area contributed by atoms with Crippen molar-refractivity contribution in [2.75, 3.05) is 12.9 Å². The van der Waals surface area contributed by atoms with Crippen LogP contribution < -0.4 is 4.74 Å². The lowest BCUT2D eigenvalue weighted by Gasteiger charge is -2.13. The molecule has 0 heterocycles. The lowest BCUT2D eigenvalue weighted by Crippen LogP contribution is -2.14. The summed E-state index contributed by atoms with van der Waals surface area (Å²) in [6.07, 6.45) is 0.0689. The van der Waals surface area contributed by atoms with Crippen LogP contribution in [0.2, 0.25) is 0 Å². The van der Waals surface area contributed by atoms with E-state index in [2.05, 4.69) is 0 Å². The van der Waals surface area contributed by atoms with Gasteiger partial charge >= 0.3 is 0 Å². The molecule has 0 aliphatic heterocycles. The van der Waals surface area contributed by atoms with E-state index in [1.54, 1.807) is 19.2 Å². The van der Waals surface area contributed by atoms with Crippen molar-refractivity contribution >= 4 is 11.8 Å². The molecule has 0 aromatic heterocycles. The molecule has 0 aliphatic rings. The monoisotopic (exact) mass is 292 g/mol. The highest BCUT2D eigenvalue weighted by Crippen LogP contribution is 2.23. The number of methoxy groups -OCH3 is 1. The maximum atomic E-state index is 12.8. The molecule has 106 valence electrons. The number of hydrogen-bond acceptors (Lipinski definition) is 3. The van der Waals surface area contributed by atoms with Gasteiger partial charge < -0.3 is 9.84 Å². The summed E-state index contributed by atoms with van der Waals surface area (Å²) >= 11 is 1.51. The molecule has 1 unspecified atom stereocenters. The summed E-state index contributed by atoms with van der Waals surface area (Å²) in [7, 11) is 1.62. The first-order valence-electron chi connectivity index (χ1n) is 6.37. The first-order valence-corrected chi connectivity index (χ1v) is 7.36. The van der Waals surface area contributed by atoms with E-state index in [0.29, 0.717) is 12.2 Å². The number of rotatable bonds is 6. The third-order valence-corrected chi connectivity index (χ3v) is 4.06. The Balaban J connectivity index is 1.89. The first-order chi connectivity index (χ1) is 9.69. The van der Waals surface area contributed by atoms with Crippen LogP contribution in [0.4, 0.5) is 4.39 Å². The Morgan fingerprint density at radius 2 is 1.85 bits per heavy atom. The summed E-state index contributed by atoms with van der Waals surface area (Å²) in [6, 6.07) is 14.0. The van der Waals surface area contributed by atoms with Crippen LogP contribution in [0.5, 0.6) is 5.75 Å². The Bertz CT molecular complexity index is 542. The third-order valence-electron chi connectivity index (χ3n) is 2.90. The van der Waals surface area contributed by atoms with Gasteiger partial charge in [-0.25, -0.2) is 4.39 Å². The van der Waals surface area contributed by atoms with Crippen molar-refractivity contribution in [1.29, 1.82) is 0 Å². The van der Waals surface area contributed by atoms with Crippen LogP contribution in [0.25, 0.3) is 0 Å². The SMILES string of the molecule is COc1ccccc1CC(O)CSc1ccc(F)cc1. The molecular formula is C16H17FO2S. The molecule has 2 rings (SSSR count). The highest BCUT2D eigenvalue weighted by molar-refractivity contribution is 7.99. The molecule has 0 saturated carbocycles. The molecule has 2 nitrogen and oxygen atoms in total. The molecule has 0 saturated heterocycles. The molecule has 0 aliphatic carbocycles. The number of halogens is 1. The lowest BCUT2D eigenvalue weighted by molar-refractivity contribution is 0.199. The molecular weight excluding hydrogens is 275 g/mol. The van der Waals surface area contributed by atoms with Gasteiger partial charge in [-0.05, 0) is 35.9 Å². The number of ether oxygens (including phenoxy) is 1. The normalized spacial score (nSPS) is 12.2. The minimum absolute atomic E-state index is 0.246. The van der Waals surface area contributed by atoms with Crippen LogP contribution in [-0.2, 0) is 6.42 Å². The van der Waals surface area contributed by atoms with E-state index in [1.165, 1.54) is 23.9 Å². The van der Waals surface area contributed by atoms with Crippen LogP contribution in [0.15, 0.2) is 53.4 Å². The summed E-state index contributed by atoms with van der Waals surface area (Å²) in [5.41, 5.74) is 0.988. The van der Waals surface area contributed by atoms with Crippen molar-refractivity contribution in [2.45, 2.75) is 17.4 Å². The number of hydrogen-bond donors (Lipinski definition) is 1. The summed E-state index contributed by atoms with van der Waals surface area (Å²) in [4.78, 5) is 0.950. The predicted molar refractivity (Wildman–Crippen MR) is 79.8 cm³/mol. The van der Waals surface area contributed by atoms with E-state index in [4.69, 9.17) is 4.74 Å². The number of aliphatic hydroxyl groups excluding tert-OH is 1. The van der Waals surface area contributed by atoms with Gasteiger partial charge in [-0.2, -0.15) is 0 Å². The lowest BCUT2D eigenvalue weighted by atomic mass is 10.1. The van der Waals surface area contributed by atoms with Gasteiger partial charge in [0, 0.05) is 17.1 Å². The van der Waals surface area contributed by atoms with Gasteiger partial charge in [-0.15, -0.1) is 11.8 Å². The van der Waals surface area contributed by atoms with E-state index < -0.39 is 6.10 Å². The standard InChI is InChI=1S/C16H17FO2S/c1-19-16-5-3-2-4-12(16)10-14(18)11-20-15-8-6-13(17)7-9-15/h2-9,14,18H,10-11H2,1H3. The van der Waals surface area contributed by atoms with Gasteiger partial charge in [-0.1, -0.05) is 18.2 Å². The summed E-state index contributed by atoms with van der Waals surface area (Å²) in [6.45, 7) is 0. The van der Waals surface area contributed by atoms with Crippen LogP contribution in [-0.4, -0.2) is 24.1 Å². The van der Waals surface area contributed by atoms with Crippen LogP contribution in [0.1, 0.15) is 5.56 Å². The fourth-order valence-electron chi connectivity index (χ4n) is 1.91. The van der Waals surface area contributed by atoms with Crippen LogP contribution >= 0.6 is 11.8 Å². The maximum absolute atomic E-state index is 12.8. The molecule has 0 fully saturated rings. The Hall–Kier alpha value is -1.52. The average molecular weight is 292 g/mol. The smallest absolute Gasteiger partial charge is 0.123 e. The minimum Gasteiger partial charge on any atom is -0.496 e. The van der Waals surface area contributed by atoms with Crippen molar-refractivity contribution in [1.82, 2.24) is 0 Å². The fourth-order valence-corrected chi connectivity index (χ4v) is 2.74. The van der Waals surface area contributed by atoms with Crippen molar-refractivity contribution in [3.63, 3.8) is 0 Å². The summed E-state index contributed by atoms with van der Waals surface area (Å²) in [5.74, 6) is 1.10. The van der Waals surface area contributed by atoms with Gasteiger partial charge in [-0.3, -0.25) is 0 Å². The first kappa shape index (κ1) is 14.9. The van der Waals surface area contributed by atoms with E-state index in [0.717, 1.165) is 16.2 Å². The topological polar surface area (TPSA) is 29.5 Å². The van der Waals surface area contributed by atoms with Crippen molar-refractivity contribution in [2.24, 2.45) is 0 Å². The zero-order chi connectivity index (χ0) is 14.4. The van der Waals surface area contributed by atoms with Gasteiger partial charge in [0.25, 0.3) is 0 Å². The number of para-hydroxylation sites is 1. The fraction of sp³-hybridized carbons (Fsp3) is 0.250. The molecule has 2 aromatic rings. The third kappa shape index (κ3) is 4.25. The molecule has 2 aromatic carbocycles. The van der Waals surface area contributed by atoms with Gasteiger partial charge in [0.15, 0.2) is 0 Å². The van der Waals surface area contributed by atoms with Crippen LogP contribution in [0.3, 0.4) is 0 Å². The highest BCUT2D eigenvalue weighted by Gasteiger charge is 2.10. The molecule has 0 amide bonds. The average Bonchev–Trinajstić information content (AvgIpc) is 2.47. The van der Waals surface area contributed by atoms with E-state index in [-0.39, 0.29) is 5.82 Å². The Morgan fingerprint density at radius 1 is 1.15 bits per heavy atom. The van der Waals surface area contributed by atoms with Crippen molar-refractivity contribution in [3.05, 3.63) is 59.9 Å². The second-order valence-electron chi connectivity index (χ2n) is 4.43. The molecule has 4 heteroatoms. The minimum atomic E-state index is -0.471. The number of thioether (sulfide) groups is 1. The molecule has 0 bridgehead atoms. The van der Waals surface area contributed by atoms with E-state index in [1.807, 2.05) is 24.3 Å². The molecule has 20 heavy (non-hydrogen) atoms. The highest BCUT2D eigenvalue weighted by atomic mass is 32.2. The largest absolute Gasteiger partial charge is 0.496 e. The van der Waals surface area contributed by atoms with E-state index >= 15 is 0 Å². The number of aliphatic hydroxyl groups is 1. The second-order valence-corrected chi connectivity index (χ2v) is 5.53. The quantitative estimate of drug-likeness (QED) is 0.826. The Labute approximate surface area is 122 Å². The van der Waals surface area contributed by atoms with E-state index in [9.17, 15) is 9.50 Å². The van der Waals surface area contributed by atoms with Gasteiger partial charge in [0.05, 0.1) is 13.2 Å². The van der Waals surface area contributed by atoms with Gasteiger partial charge in [0.1, 0.15) is 11.6 Å². The zero-order valence-corrected chi connectivity index (χ0v) is 12.1.